The summed E-state index contributed by atoms with van der Waals surface area (Å²) in [5, 5.41) is 0. The van der Waals surface area contributed by atoms with Gasteiger partial charge < -0.3 is 17.3 Å². The van der Waals surface area contributed by atoms with Gasteiger partial charge in [0.05, 0.1) is 0 Å². The smallest absolute Gasteiger partial charge is 1.00 e. The van der Waals surface area contributed by atoms with Crippen molar-refractivity contribution >= 4 is 5.91 Å². The third kappa shape index (κ3) is 3.46. The molecule has 0 spiro atoms. The van der Waals surface area contributed by atoms with Crippen LogP contribution in [-0.4, -0.2) is 24.4 Å². The zero-order chi connectivity index (χ0) is 5.28. The summed E-state index contributed by atoms with van der Waals surface area (Å²) in [4.78, 5) is 12.3. The van der Waals surface area contributed by atoms with Crippen LogP contribution in [0.15, 0.2) is 0 Å². The summed E-state index contributed by atoms with van der Waals surface area (Å²) >= 11 is 0. The van der Waals surface area contributed by atoms with E-state index in [9.17, 15) is 4.79 Å². The van der Waals surface area contributed by atoms with Crippen LogP contribution in [0, 0.1) is 0 Å². The molecule has 2 nitrogen and oxygen atoms in total. The van der Waals surface area contributed by atoms with E-state index in [0.717, 1.165) is 19.4 Å². The standard InChI is InChI=1S/C5H9NO.ClH.Na/c1-6-4-2-3-5(6)7;;/h2-4H2,1H3;1H;/q;;+1/p-1. The van der Waals surface area contributed by atoms with Crippen molar-refractivity contribution in [1.82, 2.24) is 4.90 Å². The van der Waals surface area contributed by atoms with Crippen molar-refractivity contribution in [2.75, 3.05) is 13.6 Å². The second-order valence-electron chi connectivity index (χ2n) is 1.92. The predicted octanol–water partition coefficient (Wildman–Crippen LogP) is -5.75. The Balaban J connectivity index is 0. The third-order valence-corrected chi connectivity index (χ3v) is 1.31. The molecule has 1 amide bonds. The van der Waals surface area contributed by atoms with E-state index in [1.54, 1.807) is 4.90 Å². The van der Waals surface area contributed by atoms with Crippen LogP contribution in [0.1, 0.15) is 12.8 Å². The summed E-state index contributed by atoms with van der Waals surface area (Å²) in [7, 11) is 1.84. The number of halogens is 1. The van der Waals surface area contributed by atoms with Crippen molar-refractivity contribution in [3.05, 3.63) is 0 Å². The van der Waals surface area contributed by atoms with Crippen LogP contribution in [0.3, 0.4) is 0 Å². The quantitative estimate of drug-likeness (QED) is 0.321. The fourth-order valence-corrected chi connectivity index (χ4v) is 0.783. The molecule has 0 aromatic rings. The zero-order valence-electron chi connectivity index (χ0n) is 5.85. The van der Waals surface area contributed by atoms with Gasteiger partial charge in [-0.05, 0) is 6.42 Å². The molecule has 0 saturated carbocycles. The largest absolute Gasteiger partial charge is 1.00 e. The Kier molecular flexibility index (Phi) is 7.65. The molecule has 0 aromatic carbocycles. The molecule has 0 aliphatic carbocycles. The first-order chi connectivity index (χ1) is 3.30. The van der Waals surface area contributed by atoms with Gasteiger partial charge in [0, 0.05) is 20.0 Å². The van der Waals surface area contributed by atoms with Gasteiger partial charge in [-0.3, -0.25) is 4.79 Å². The number of carbonyl (C=O) groups is 1. The minimum Gasteiger partial charge on any atom is -1.00 e. The normalized spacial score (nSPS) is 16.6. The summed E-state index contributed by atoms with van der Waals surface area (Å²) in [6, 6.07) is 0. The minimum atomic E-state index is 0. The molecule has 48 valence electrons. The number of amides is 1. The van der Waals surface area contributed by atoms with Gasteiger partial charge in [0.1, 0.15) is 0 Å². The summed E-state index contributed by atoms with van der Waals surface area (Å²) < 4.78 is 0. The summed E-state index contributed by atoms with van der Waals surface area (Å²) in [5.41, 5.74) is 0. The number of hydrogen-bond acceptors (Lipinski definition) is 1. The number of rotatable bonds is 0. The summed E-state index contributed by atoms with van der Waals surface area (Å²) in [6.07, 6.45) is 1.81. The van der Waals surface area contributed by atoms with Crippen molar-refractivity contribution in [2.24, 2.45) is 0 Å². The predicted molar refractivity (Wildman–Crippen MR) is 26.9 cm³/mol. The summed E-state index contributed by atoms with van der Waals surface area (Å²) in [5.74, 6) is 0.292. The topological polar surface area (TPSA) is 20.3 Å². The van der Waals surface area contributed by atoms with Crippen LogP contribution in [-0.2, 0) is 4.79 Å². The van der Waals surface area contributed by atoms with E-state index in [0.29, 0.717) is 5.91 Å². The van der Waals surface area contributed by atoms with Gasteiger partial charge >= 0.3 is 29.6 Å². The Labute approximate surface area is 83.7 Å². The van der Waals surface area contributed by atoms with Crippen molar-refractivity contribution in [3.63, 3.8) is 0 Å². The van der Waals surface area contributed by atoms with Gasteiger partial charge in [-0.1, -0.05) is 0 Å². The van der Waals surface area contributed by atoms with Gasteiger partial charge in [0.2, 0.25) is 5.91 Å². The molecular formula is C5H9ClNNaO. The Morgan fingerprint density at radius 1 is 1.56 bits per heavy atom. The average molecular weight is 158 g/mol. The van der Waals surface area contributed by atoms with Gasteiger partial charge in [0.25, 0.3) is 0 Å². The minimum absolute atomic E-state index is 0. The number of likely N-dealkylation sites (tertiary alicyclic amines) is 1. The molecule has 1 saturated heterocycles. The molecule has 1 fully saturated rings. The summed E-state index contributed by atoms with van der Waals surface area (Å²) in [6.45, 7) is 0.957. The van der Waals surface area contributed by atoms with Gasteiger partial charge in [0.15, 0.2) is 0 Å². The van der Waals surface area contributed by atoms with Crippen LogP contribution >= 0.6 is 0 Å². The fourth-order valence-electron chi connectivity index (χ4n) is 0.783. The molecule has 0 N–H and O–H groups in total. The van der Waals surface area contributed by atoms with E-state index in [-0.39, 0.29) is 42.0 Å². The second kappa shape index (κ2) is 5.54. The Morgan fingerprint density at radius 3 is 2.22 bits per heavy atom. The maximum absolute atomic E-state index is 10.5. The van der Waals surface area contributed by atoms with Gasteiger partial charge in [-0.2, -0.15) is 0 Å². The van der Waals surface area contributed by atoms with E-state index < -0.39 is 0 Å². The molecule has 0 bridgehead atoms. The first-order valence-corrected chi connectivity index (χ1v) is 2.54. The van der Waals surface area contributed by atoms with Gasteiger partial charge in [-0.15, -0.1) is 0 Å². The van der Waals surface area contributed by atoms with Crippen molar-refractivity contribution < 1.29 is 46.8 Å². The van der Waals surface area contributed by atoms with Crippen molar-refractivity contribution in [3.8, 4) is 0 Å². The molecule has 0 radical (unpaired) electrons. The average Bonchev–Trinajstić information content (AvgIpc) is 1.91. The molecule has 0 aromatic heterocycles. The molecular weight excluding hydrogens is 149 g/mol. The third-order valence-electron chi connectivity index (χ3n) is 1.31. The molecule has 4 heteroatoms. The van der Waals surface area contributed by atoms with Crippen molar-refractivity contribution in [1.29, 1.82) is 0 Å². The number of nitrogens with zero attached hydrogens (tertiary/aromatic N) is 1. The van der Waals surface area contributed by atoms with Crippen LogP contribution in [0.4, 0.5) is 0 Å². The Morgan fingerprint density at radius 2 is 2.11 bits per heavy atom. The van der Waals surface area contributed by atoms with Crippen LogP contribution in [0.2, 0.25) is 0 Å². The molecule has 1 aliphatic heterocycles. The fraction of sp³-hybridized carbons (Fsp3) is 0.800. The molecule has 1 aliphatic rings. The van der Waals surface area contributed by atoms with Gasteiger partial charge in [-0.25, -0.2) is 0 Å². The maximum atomic E-state index is 10.5. The molecule has 1 heterocycles. The Hall–Kier alpha value is 0.760. The first kappa shape index (κ1) is 12.4. The van der Waals surface area contributed by atoms with E-state index in [1.807, 2.05) is 7.05 Å². The van der Waals surface area contributed by atoms with Crippen LogP contribution in [0.25, 0.3) is 0 Å². The molecule has 9 heavy (non-hydrogen) atoms. The van der Waals surface area contributed by atoms with Crippen LogP contribution in [0.5, 0.6) is 0 Å². The van der Waals surface area contributed by atoms with Crippen molar-refractivity contribution in [2.45, 2.75) is 12.8 Å². The van der Waals surface area contributed by atoms with E-state index in [4.69, 9.17) is 0 Å². The second-order valence-corrected chi connectivity index (χ2v) is 1.92. The monoisotopic (exact) mass is 157 g/mol. The molecule has 1 rings (SSSR count). The Bertz CT molecular complexity index is 99.0. The van der Waals surface area contributed by atoms with E-state index in [1.165, 1.54) is 0 Å². The SMILES string of the molecule is CN1CCCC1=O.[Cl-].[Na+]. The van der Waals surface area contributed by atoms with E-state index in [2.05, 4.69) is 0 Å². The maximum Gasteiger partial charge on any atom is 1.00 e. The molecule has 0 atom stereocenters. The van der Waals surface area contributed by atoms with E-state index >= 15 is 0 Å². The molecule has 0 unspecified atom stereocenters. The zero-order valence-corrected chi connectivity index (χ0v) is 8.61. The first-order valence-electron chi connectivity index (χ1n) is 2.54. The number of carbonyl (C=O) groups excluding carboxylic acids is 1. The van der Waals surface area contributed by atoms with Crippen LogP contribution < -0.4 is 42.0 Å². The number of hydrogen-bond donors (Lipinski definition) is 0.